The number of carbonyl (C=O) groups is 2. The topological polar surface area (TPSA) is 63.4 Å². The van der Waals surface area contributed by atoms with Crippen LogP contribution in [0, 0.1) is 0 Å². The van der Waals surface area contributed by atoms with E-state index < -0.39 is 5.91 Å². The molecule has 4 nitrogen and oxygen atoms in total. The van der Waals surface area contributed by atoms with Crippen molar-refractivity contribution in [2.45, 2.75) is 5.92 Å². The number of primary amides is 1. The lowest BCUT2D eigenvalue weighted by molar-refractivity contribution is -0.122. The first-order chi connectivity index (χ1) is 9.68. The Balaban J connectivity index is 2.09. The van der Waals surface area contributed by atoms with E-state index in [1.165, 1.54) is 4.90 Å². The molecule has 2 aromatic rings. The molecule has 1 aliphatic rings. The van der Waals surface area contributed by atoms with Crippen LogP contribution in [-0.2, 0) is 9.59 Å². The molecule has 1 heterocycles. The zero-order valence-electron chi connectivity index (χ0n) is 10.8. The van der Waals surface area contributed by atoms with Crippen molar-refractivity contribution in [3.8, 4) is 0 Å². The Bertz CT molecular complexity index is 667. The molecular weight excluding hydrogens is 252 g/mol. The number of para-hydroxylation sites is 1. The monoisotopic (exact) mass is 266 g/mol. The van der Waals surface area contributed by atoms with E-state index in [0.717, 1.165) is 16.8 Å². The fourth-order valence-corrected chi connectivity index (χ4v) is 2.67. The Morgan fingerprint density at radius 1 is 1.05 bits per heavy atom. The van der Waals surface area contributed by atoms with Gasteiger partial charge in [0, 0.05) is 5.69 Å². The van der Waals surface area contributed by atoms with Crippen LogP contribution in [0.1, 0.15) is 17.0 Å². The van der Waals surface area contributed by atoms with Crippen molar-refractivity contribution in [1.29, 1.82) is 0 Å². The number of fused-ring (bicyclic) bond motifs is 1. The number of nitrogens with two attached hydrogens (primary N) is 1. The summed E-state index contributed by atoms with van der Waals surface area (Å²) >= 11 is 0. The van der Waals surface area contributed by atoms with Crippen molar-refractivity contribution < 1.29 is 9.59 Å². The molecule has 0 aromatic heterocycles. The second kappa shape index (κ2) is 4.81. The summed E-state index contributed by atoms with van der Waals surface area (Å²) in [7, 11) is 0. The zero-order valence-corrected chi connectivity index (χ0v) is 10.8. The van der Waals surface area contributed by atoms with Crippen molar-refractivity contribution in [2.24, 2.45) is 5.73 Å². The molecule has 0 aliphatic carbocycles. The number of benzene rings is 2. The van der Waals surface area contributed by atoms with E-state index in [0.29, 0.717) is 0 Å². The van der Waals surface area contributed by atoms with Crippen LogP contribution in [0.4, 0.5) is 5.69 Å². The van der Waals surface area contributed by atoms with E-state index in [1.54, 1.807) is 0 Å². The van der Waals surface area contributed by atoms with Crippen molar-refractivity contribution in [1.82, 2.24) is 0 Å². The number of nitrogens with zero attached hydrogens (tertiary/aromatic N) is 1. The van der Waals surface area contributed by atoms with E-state index >= 15 is 0 Å². The van der Waals surface area contributed by atoms with Crippen molar-refractivity contribution in [2.75, 3.05) is 11.4 Å². The lowest BCUT2D eigenvalue weighted by atomic mass is 9.93. The van der Waals surface area contributed by atoms with E-state index in [-0.39, 0.29) is 18.4 Å². The molecule has 1 atom stereocenters. The maximum Gasteiger partial charge on any atom is 0.239 e. The normalized spacial score (nSPS) is 17.1. The maximum absolute atomic E-state index is 12.6. The SMILES string of the molecule is NC(=O)CN1C(=O)[C@@H](c2ccccc2)c2ccccc21. The van der Waals surface area contributed by atoms with E-state index in [1.807, 2.05) is 54.6 Å². The third-order valence-corrected chi connectivity index (χ3v) is 3.50. The minimum atomic E-state index is -0.512. The molecule has 4 heteroatoms. The highest BCUT2D eigenvalue weighted by atomic mass is 16.2. The van der Waals surface area contributed by atoms with Gasteiger partial charge in [-0.2, -0.15) is 0 Å². The van der Waals surface area contributed by atoms with Gasteiger partial charge in [-0.1, -0.05) is 48.5 Å². The van der Waals surface area contributed by atoms with Crippen LogP contribution in [0.3, 0.4) is 0 Å². The Morgan fingerprint density at radius 2 is 1.70 bits per heavy atom. The van der Waals surface area contributed by atoms with Gasteiger partial charge >= 0.3 is 0 Å². The Hall–Kier alpha value is -2.62. The number of anilines is 1. The zero-order chi connectivity index (χ0) is 14.1. The summed E-state index contributed by atoms with van der Waals surface area (Å²) in [4.78, 5) is 25.3. The average Bonchev–Trinajstić information content (AvgIpc) is 2.72. The van der Waals surface area contributed by atoms with E-state index in [9.17, 15) is 9.59 Å². The van der Waals surface area contributed by atoms with E-state index in [2.05, 4.69) is 0 Å². The number of rotatable bonds is 3. The summed E-state index contributed by atoms with van der Waals surface area (Å²) in [6.45, 7) is -0.0841. The first-order valence-corrected chi connectivity index (χ1v) is 6.42. The molecule has 2 aromatic carbocycles. The molecule has 0 bridgehead atoms. The largest absolute Gasteiger partial charge is 0.368 e. The number of carbonyl (C=O) groups excluding carboxylic acids is 2. The molecule has 1 aliphatic heterocycles. The van der Waals surface area contributed by atoms with Gasteiger partial charge in [-0.3, -0.25) is 9.59 Å². The first kappa shape index (κ1) is 12.4. The predicted octanol–water partition coefficient (Wildman–Crippen LogP) is 1.65. The van der Waals surface area contributed by atoms with Gasteiger partial charge in [0.1, 0.15) is 6.54 Å². The lowest BCUT2D eigenvalue weighted by Gasteiger charge is -2.15. The van der Waals surface area contributed by atoms with Crippen LogP contribution in [0.25, 0.3) is 0 Å². The predicted molar refractivity (Wildman–Crippen MR) is 76.3 cm³/mol. The van der Waals surface area contributed by atoms with Crippen molar-refractivity contribution in [3.05, 3.63) is 65.7 Å². The summed E-state index contributed by atoms with van der Waals surface area (Å²) in [5, 5.41) is 0. The molecule has 100 valence electrons. The van der Waals surface area contributed by atoms with Gasteiger partial charge < -0.3 is 10.6 Å². The van der Waals surface area contributed by atoms with Gasteiger partial charge in [0.2, 0.25) is 11.8 Å². The van der Waals surface area contributed by atoms with Crippen LogP contribution >= 0.6 is 0 Å². The third kappa shape index (κ3) is 1.95. The fraction of sp³-hybridized carbons (Fsp3) is 0.125. The van der Waals surface area contributed by atoms with Gasteiger partial charge in [0.05, 0.1) is 5.92 Å². The molecule has 0 saturated carbocycles. The third-order valence-electron chi connectivity index (χ3n) is 3.50. The fourth-order valence-electron chi connectivity index (χ4n) is 2.67. The van der Waals surface area contributed by atoms with Crippen LogP contribution in [0.5, 0.6) is 0 Å². The van der Waals surface area contributed by atoms with Crippen LogP contribution in [-0.4, -0.2) is 18.4 Å². The maximum atomic E-state index is 12.6. The second-order valence-electron chi connectivity index (χ2n) is 4.79. The van der Waals surface area contributed by atoms with Crippen molar-refractivity contribution >= 4 is 17.5 Å². The van der Waals surface area contributed by atoms with Crippen LogP contribution < -0.4 is 10.6 Å². The summed E-state index contributed by atoms with van der Waals surface area (Å²) < 4.78 is 0. The van der Waals surface area contributed by atoms with Gasteiger partial charge in [0.15, 0.2) is 0 Å². The Labute approximate surface area is 116 Å². The minimum Gasteiger partial charge on any atom is -0.368 e. The average molecular weight is 266 g/mol. The van der Waals surface area contributed by atoms with E-state index in [4.69, 9.17) is 5.73 Å². The highest BCUT2D eigenvalue weighted by molar-refractivity contribution is 6.09. The first-order valence-electron chi connectivity index (χ1n) is 6.42. The summed E-state index contributed by atoms with van der Waals surface area (Å²) in [6.07, 6.45) is 0. The standard InChI is InChI=1S/C16H14N2O2/c17-14(19)10-18-13-9-5-4-8-12(13)15(16(18)20)11-6-2-1-3-7-11/h1-9,15H,10H2,(H2,17,19)/t15-/m0/s1. The highest BCUT2D eigenvalue weighted by Crippen LogP contribution is 2.40. The Morgan fingerprint density at radius 3 is 2.40 bits per heavy atom. The summed E-state index contributed by atoms with van der Waals surface area (Å²) in [5.41, 5.74) is 7.86. The molecule has 20 heavy (non-hydrogen) atoms. The number of hydrogen-bond acceptors (Lipinski definition) is 2. The second-order valence-corrected chi connectivity index (χ2v) is 4.79. The summed E-state index contributed by atoms with van der Waals surface area (Å²) in [5.74, 6) is -0.968. The molecule has 3 rings (SSSR count). The number of amides is 2. The smallest absolute Gasteiger partial charge is 0.239 e. The Kier molecular flexibility index (Phi) is 2.99. The lowest BCUT2D eigenvalue weighted by Crippen LogP contribution is -2.37. The molecule has 0 spiro atoms. The van der Waals surface area contributed by atoms with Gasteiger partial charge in [-0.15, -0.1) is 0 Å². The summed E-state index contributed by atoms with van der Waals surface area (Å²) in [6, 6.07) is 17.1. The molecule has 0 fully saturated rings. The molecule has 0 unspecified atom stereocenters. The molecule has 2 amide bonds. The molecule has 0 radical (unpaired) electrons. The highest BCUT2D eigenvalue weighted by Gasteiger charge is 2.38. The molecule has 0 saturated heterocycles. The molecular formula is C16H14N2O2. The van der Waals surface area contributed by atoms with Gasteiger partial charge in [0.25, 0.3) is 0 Å². The molecule has 2 N–H and O–H groups in total. The van der Waals surface area contributed by atoms with Gasteiger partial charge in [-0.25, -0.2) is 0 Å². The van der Waals surface area contributed by atoms with Gasteiger partial charge in [-0.05, 0) is 17.2 Å². The van der Waals surface area contributed by atoms with Crippen LogP contribution in [0.2, 0.25) is 0 Å². The number of hydrogen-bond donors (Lipinski definition) is 1. The minimum absolute atomic E-state index is 0.0841. The quantitative estimate of drug-likeness (QED) is 0.918. The van der Waals surface area contributed by atoms with Crippen molar-refractivity contribution in [3.63, 3.8) is 0 Å². The van der Waals surface area contributed by atoms with Crippen LogP contribution in [0.15, 0.2) is 54.6 Å².